The lowest BCUT2D eigenvalue weighted by atomic mass is 10.1. The lowest BCUT2D eigenvalue weighted by Crippen LogP contribution is -2.14. The van der Waals surface area contributed by atoms with Crippen molar-refractivity contribution in [2.24, 2.45) is 5.73 Å². The van der Waals surface area contributed by atoms with Crippen LogP contribution < -0.4 is 5.73 Å². The third kappa shape index (κ3) is 3.28. The number of nitrogens with zero attached hydrogens (tertiary/aromatic N) is 4. The third-order valence-corrected chi connectivity index (χ3v) is 2.56. The maximum absolute atomic E-state index is 12.6. The van der Waals surface area contributed by atoms with Crippen LogP contribution in [0.25, 0.3) is 0 Å². The third-order valence-electron chi connectivity index (χ3n) is 2.56. The van der Waals surface area contributed by atoms with Gasteiger partial charge in [-0.15, -0.1) is 5.10 Å². The van der Waals surface area contributed by atoms with Crippen LogP contribution in [0.4, 0.5) is 13.2 Å². The van der Waals surface area contributed by atoms with Crippen LogP contribution in [0.2, 0.25) is 0 Å². The molecular formula is C11H12F3N5. The molecule has 2 aromatic rings. The molecule has 0 aliphatic carbocycles. The van der Waals surface area contributed by atoms with Crippen molar-refractivity contribution < 1.29 is 13.2 Å². The summed E-state index contributed by atoms with van der Waals surface area (Å²) < 4.78 is 39.2. The van der Waals surface area contributed by atoms with Crippen LogP contribution in [0.5, 0.6) is 0 Å². The summed E-state index contributed by atoms with van der Waals surface area (Å²) in [5.41, 5.74) is 5.22. The predicted octanol–water partition coefficient (Wildman–Crippen LogP) is 1.24. The van der Waals surface area contributed by atoms with E-state index in [9.17, 15) is 13.2 Å². The highest BCUT2D eigenvalue weighted by molar-refractivity contribution is 5.27. The van der Waals surface area contributed by atoms with Gasteiger partial charge < -0.3 is 5.73 Å². The van der Waals surface area contributed by atoms with E-state index in [0.717, 1.165) is 12.1 Å². The van der Waals surface area contributed by atoms with Gasteiger partial charge in [-0.2, -0.15) is 13.2 Å². The molecule has 0 unspecified atom stereocenters. The molecule has 0 aliphatic rings. The minimum absolute atomic E-state index is 0.233. The summed E-state index contributed by atoms with van der Waals surface area (Å²) in [7, 11) is 0. The molecule has 2 N–H and O–H groups in total. The number of benzene rings is 1. The Morgan fingerprint density at radius 3 is 2.74 bits per heavy atom. The monoisotopic (exact) mass is 271 g/mol. The number of tetrazole rings is 1. The minimum Gasteiger partial charge on any atom is -0.329 e. The maximum atomic E-state index is 12.6. The molecule has 1 heterocycles. The van der Waals surface area contributed by atoms with Crippen molar-refractivity contribution in [3.63, 3.8) is 0 Å². The molecule has 0 amide bonds. The summed E-state index contributed by atoms with van der Waals surface area (Å²) >= 11 is 0. The summed E-state index contributed by atoms with van der Waals surface area (Å²) in [6.45, 7) is 0.794. The van der Waals surface area contributed by atoms with E-state index in [1.54, 1.807) is 6.07 Å². The Kier molecular flexibility index (Phi) is 3.79. The lowest BCUT2D eigenvalue weighted by Gasteiger charge is -2.08. The zero-order valence-corrected chi connectivity index (χ0v) is 9.93. The first-order valence-corrected chi connectivity index (χ1v) is 5.62. The SMILES string of the molecule is NCCn1nnnc1Cc1cccc(C(F)(F)F)c1. The Labute approximate surface area is 107 Å². The summed E-state index contributed by atoms with van der Waals surface area (Å²) in [5.74, 6) is 0.491. The molecule has 2 rings (SSSR count). The second kappa shape index (κ2) is 5.35. The summed E-state index contributed by atoms with van der Waals surface area (Å²) in [5, 5.41) is 11.0. The van der Waals surface area contributed by atoms with Crippen molar-refractivity contribution in [3.8, 4) is 0 Å². The molecule has 0 atom stereocenters. The maximum Gasteiger partial charge on any atom is 0.416 e. The average Bonchev–Trinajstić information content (AvgIpc) is 2.77. The van der Waals surface area contributed by atoms with Gasteiger partial charge in [0, 0.05) is 13.0 Å². The molecule has 19 heavy (non-hydrogen) atoms. The quantitative estimate of drug-likeness (QED) is 0.908. The van der Waals surface area contributed by atoms with E-state index < -0.39 is 11.7 Å². The number of nitrogens with two attached hydrogens (primary N) is 1. The number of hydrogen-bond acceptors (Lipinski definition) is 4. The van der Waals surface area contributed by atoms with Crippen molar-refractivity contribution in [2.45, 2.75) is 19.1 Å². The van der Waals surface area contributed by atoms with E-state index in [1.165, 1.54) is 10.7 Å². The second-order valence-corrected chi connectivity index (χ2v) is 3.98. The van der Waals surface area contributed by atoms with E-state index in [2.05, 4.69) is 15.5 Å². The fraction of sp³-hybridized carbons (Fsp3) is 0.364. The van der Waals surface area contributed by atoms with Crippen molar-refractivity contribution in [2.75, 3.05) is 6.54 Å². The highest BCUT2D eigenvalue weighted by atomic mass is 19.4. The van der Waals surface area contributed by atoms with Gasteiger partial charge in [-0.25, -0.2) is 4.68 Å². The second-order valence-electron chi connectivity index (χ2n) is 3.98. The Hall–Kier alpha value is -1.96. The molecular weight excluding hydrogens is 259 g/mol. The summed E-state index contributed by atoms with van der Waals surface area (Å²) in [6.07, 6.45) is -4.11. The average molecular weight is 271 g/mol. The van der Waals surface area contributed by atoms with Gasteiger partial charge in [0.25, 0.3) is 0 Å². The first-order valence-electron chi connectivity index (χ1n) is 5.62. The molecule has 0 spiro atoms. The van der Waals surface area contributed by atoms with Crippen molar-refractivity contribution >= 4 is 0 Å². The van der Waals surface area contributed by atoms with Gasteiger partial charge in [0.15, 0.2) is 5.82 Å². The minimum atomic E-state index is -4.35. The molecule has 0 saturated heterocycles. The molecule has 5 nitrogen and oxygen atoms in total. The number of aromatic nitrogens is 4. The van der Waals surface area contributed by atoms with Crippen LogP contribution in [0.15, 0.2) is 24.3 Å². The van der Waals surface area contributed by atoms with Crippen molar-refractivity contribution in [1.29, 1.82) is 0 Å². The molecule has 102 valence electrons. The van der Waals surface area contributed by atoms with Gasteiger partial charge in [-0.1, -0.05) is 18.2 Å². The van der Waals surface area contributed by atoms with Gasteiger partial charge in [0.05, 0.1) is 12.1 Å². The van der Waals surface area contributed by atoms with Gasteiger partial charge in [0.1, 0.15) is 0 Å². The van der Waals surface area contributed by atoms with Crippen LogP contribution in [0, 0.1) is 0 Å². The summed E-state index contributed by atoms with van der Waals surface area (Å²) in [4.78, 5) is 0. The van der Waals surface area contributed by atoms with Crippen LogP contribution in [0.1, 0.15) is 17.0 Å². The van der Waals surface area contributed by atoms with Crippen LogP contribution in [-0.2, 0) is 19.1 Å². The fourth-order valence-electron chi connectivity index (χ4n) is 1.69. The van der Waals surface area contributed by atoms with E-state index in [4.69, 9.17) is 5.73 Å². The fourth-order valence-corrected chi connectivity index (χ4v) is 1.69. The van der Waals surface area contributed by atoms with Crippen molar-refractivity contribution in [3.05, 3.63) is 41.2 Å². The molecule has 1 aromatic carbocycles. The molecule has 0 aliphatic heterocycles. The van der Waals surface area contributed by atoms with E-state index in [1.807, 2.05) is 0 Å². The number of alkyl halides is 3. The number of halogens is 3. The van der Waals surface area contributed by atoms with Gasteiger partial charge in [-0.3, -0.25) is 0 Å². The Balaban J connectivity index is 2.21. The smallest absolute Gasteiger partial charge is 0.329 e. The predicted molar refractivity (Wildman–Crippen MR) is 61.1 cm³/mol. The Bertz CT molecular complexity index is 549. The van der Waals surface area contributed by atoms with E-state index in [-0.39, 0.29) is 6.42 Å². The van der Waals surface area contributed by atoms with E-state index >= 15 is 0 Å². The normalized spacial score (nSPS) is 11.8. The Morgan fingerprint density at radius 2 is 2.05 bits per heavy atom. The molecule has 0 bridgehead atoms. The first kappa shape index (κ1) is 13.5. The zero-order valence-electron chi connectivity index (χ0n) is 9.93. The highest BCUT2D eigenvalue weighted by Crippen LogP contribution is 2.29. The Morgan fingerprint density at radius 1 is 1.26 bits per heavy atom. The largest absolute Gasteiger partial charge is 0.416 e. The molecule has 8 heteroatoms. The van der Waals surface area contributed by atoms with Gasteiger partial charge in [-0.05, 0) is 22.1 Å². The first-order chi connectivity index (χ1) is 9.00. The molecule has 1 aromatic heterocycles. The van der Waals surface area contributed by atoms with Crippen molar-refractivity contribution in [1.82, 2.24) is 20.2 Å². The lowest BCUT2D eigenvalue weighted by molar-refractivity contribution is -0.137. The number of rotatable bonds is 4. The van der Waals surface area contributed by atoms with Crippen LogP contribution in [0.3, 0.4) is 0 Å². The zero-order chi connectivity index (χ0) is 13.9. The van der Waals surface area contributed by atoms with E-state index in [0.29, 0.717) is 24.5 Å². The van der Waals surface area contributed by atoms with Gasteiger partial charge >= 0.3 is 6.18 Å². The molecule has 0 saturated carbocycles. The standard InChI is InChI=1S/C11H12F3N5/c12-11(13,14)9-3-1-2-8(6-9)7-10-16-17-18-19(10)5-4-15/h1-3,6H,4-5,7,15H2. The highest BCUT2D eigenvalue weighted by Gasteiger charge is 2.30. The van der Waals surface area contributed by atoms with Crippen LogP contribution >= 0.6 is 0 Å². The van der Waals surface area contributed by atoms with Gasteiger partial charge in [0.2, 0.25) is 0 Å². The summed E-state index contributed by atoms with van der Waals surface area (Å²) in [6, 6.07) is 5.11. The number of hydrogen-bond donors (Lipinski definition) is 1. The molecule has 0 radical (unpaired) electrons. The van der Waals surface area contributed by atoms with Crippen LogP contribution in [-0.4, -0.2) is 26.8 Å². The topological polar surface area (TPSA) is 69.6 Å². The molecule has 0 fully saturated rings.